The predicted octanol–water partition coefficient (Wildman–Crippen LogP) is 1.93. The molecule has 0 aliphatic carbocycles. The van der Waals surface area contributed by atoms with Crippen molar-refractivity contribution in [3.63, 3.8) is 0 Å². The molecule has 18 heavy (non-hydrogen) atoms. The number of anilines is 1. The summed E-state index contributed by atoms with van der Waals surface area (Å²) in [5.74, 6) is -0.144. The minimum atomic E-state index is -0.524. The third kappa shape index (κ3) is 5.34. The molecule has 5 heteroatoms. The fraction of sp³-hybridized carbons (Fsp3) is 0.385. The Morgan fingerprint density at radius 3 is 2.44 bits per heavy atom. The van der Waals surface area contributed by atoms with Crippen molar-refractivity contribution in [2.24, 2.45) is 0 Å². The summed E-state index contributed by atoms with van der Waals surface area (Å²) in [6, 6.07) is 7.56. The third-order valence-electron chi connectivity index (χ3n) is 2.32. The number of nitrogens with one attached hydrogen (secondary N) is 2. The first-order valence-corrected chi connectivity index (χ1v) is 5.89. The number of hydrogen-bond acceptors (Lipinski definition) is 3. The second kappa shape index (κ2) is 7.32. The molecule has 0 fully saturated rings. The summed E-state index contributed by atoms with van der Waals surface area (Å²) >= 11 is 0. The Morgan fingerprint density at radius 1 is 1.22 bits per heavy atom. The first-order chi connectivity index (χ1) is 8.61. The molecule has 0 heterocycles. The number of benzene rings is 1. The van der Waals surface area contributed by atoms with Crippen molar-refractivity contribution in [1.29, 1.82) is 0 Å². The molecule has 1 rings (SSSR count). The van der Waals surface area contributed by atoms with Gasteiger partial charge in [-0.2, -0.15) is 0 Å². The van der Waals surface area contributed by atoms with E-state index in [2.05, 4.69) is 17.6 Å². The maximum atomic E-state index is 11.4. The van der Waals surface area contributed by atoms with Crippen molar-refractivity contribution in [2.75, 3.05) is 18.5 Å². The average molecular weight is 250 g/mol. The van der Waals surface area contributed by atoms with Crippen LogP contribution in [-0.2, 0) is 16.0 Å². The number of amides is 2. The normalized spacial score (nSPS) is 9.67. The Hall–Kier alpha value is -2.04. The highest BCUT2D eigenvalue weighted by Crippen LogP contribution is 2.09. The van der Waals surface area contributed by atoms with E-state index in [1.165, 1.54) is 12.5 Å². The van der Waals surface area contributed by atoms with Crippen LogP contribution in [0.2, 0.25) is 0 Å². The Labute approximate surface area is 107 Å². The number of rotatable bonds is 5. The van der Waals surface area contributed by atoms with E-state index in [1.54, 1.807) is 0 Å². The van der Waals surface area contributed by atoms with Gasteiger partial charge in [-0.05, 0) is 24.1 Å². The Balaban J connectivity index is 2.28. The van der Waals surface area contributed by atoms with Crippen LogP contribution >= 0.6 is 0 Å². The van der Waals surface area contributed by atoms with Crippen molar-refractivity contribution in [2.45, 2.75) is 20.3 Å². The molecule has 0 unspecified atom stereocenters. The topological polar surface area (TPSA) is 67.4 Å². The molecule has 0 atom stereocenters. The van der Waals surface area contributed by atoms with Crippen molar-refractivity contribution < 1.29 is 14.3 Å². The minimum absolute atomic E-state index is 0.144. The van der Waals surface area contributed by atoms with Gasteiger partial charge in [0.15, 0.2) is 0 Å². The predicted molar refractivity (Wildman–Crippen MR) is 69.5 cm³/mol. The summed E-state index contributed by atoms with van der Waals surface area (Å²) in [5.41, 5.74) is 1.90. The third-order valence-corrected chi connectivity index (χ3v) is 2.32. The van der Waals surface area contributed by atoms with Gasteiger partial charge in [0.05, 0.1) is 6.54 Å². The van der Waals surface area contributed by atoms with Crippen LogP contribution in [0.1, 0.15) is 19.4 Å². The van der Waals surface area contributed by atoms with E-state index in [-0.39, 0.29) is 12.5 Å². The van der Waals surface area contributed by atoms with Crippen molar-refractivity contribution >= 4 is 17.7 Å². The SMILES string of the molecule is CCc1ccc(NC(=O)OCCNC(C)=O)cc1. The van der Waals surface area contributed by atoms with Crippen molar-refractivity contribution in [3.05, 3.63) is 29.8 Å². The maximum absolute atomic E-state index is 11.4. The van der Waals surface area contributed by atoms with Crippen LogP contribution in [-0.4, -0.2) is 25.2 Å². The van der Waals surface area contributed by atoms with Gasteiger partial charge in [-0.25, -0.2) is 4.79 Å². The second-order valence-corrected chi connectivity index (χ2v) is 3.79. The van der Waals surface area contributed by atoms with E-state index in [9.17, 15) is 9.59 Å². The van der Waals surface area contributed by atoms with E-state index >= 15 is 0 Å². The van der Waals surface area contributed by atoms with Crippen molar-refractivity contribution in [3.8, 4) is 0 Å². The van der Waals surface area contributed by atoms with Crippen LogP contribution in [0.25, 0.3) is 0 Å². The number of carbonyl (C=O) groups is 2. The van der Waals surface area contributed by atoms with Gasteiger partial charge >= 0.3 is 6.09 Å². The van der Waals surface area contributed by atoms with Gasteiger partial charge < -0.3 is 10.1 Å². The van der Waals surface area contributed by atoms with Crippen LogP contribution < -0.4 is 10.6 Å². The average Bonchev–Trinajstić information content (AvgIpc) is 2.35. The van der Waals surface area contributed by atoms with Crippen LogP contribution in [0, 0.1) is 0 Å². The molecule has 0 radical (unpaired) electrons. The lowest BCUT2D eigenvalue weighted by Gasteiger charge is -2.07. The fourth-order valence-electron chi connectivity index (χ4n) is 1.35. The van der Waals surface area contributed by atoms with Crippen LogP contribution in [0.3, 0.4) is 0 Å². The number of aryl methyl sites for hydroxylation is 1. The largest absolute Gasteiger partial charge is 0.447 e. The summed E-state index contributed by atoms with van der Waals surface area (Å²) in [5, 5.41) is 5.14. The lowest BCUT2D eigenvalue weighted by Crippen LogP contribution is -2.26. The van der Waals surface area contributed by atoms with Gasteiger partial charge in [0.2, 0.25) is 5.91 Å². The summed E-state index contributed by atoms with van der Waals surface area (Å²) in [6.45, 7) is 3.95. The van der Waals surface area contributed by atoms with E-state index in [0.717, 1.165) is 6.42 Å². The molecule has 1 aromatic carbocycles. The molecule has 0 saturated heterocycles. The number of ether oxygens (including phenoxy) is 1. The Morgan fingerprint density at radius 2 is 1.89 bits per heavy atom. The van der Waals surface area contributed by atoms with E-state index < -0.39 is 6.09 Å². The van der Waals surface area contributed by atoms with Crippen LogP contribution in [0.4, 0.5) is 10.5 Å². The first kappa shape index (κ1) is 14.0. The van der Waals surface area contributed by atoms with E-state index in [0.29, 0.717) is 12.2 Å². The quantitative estimate of drug-likeness (QED) is 0.785. The molecular weight excluding hydrogens is 232 g/mol. The zero-order chi connectivity index (χ0) is 13.4. The highest BCUT2D eigenvalue weighted by atomic mass is 16.5. The molecule has 0 aliphatic heterocycles. The van der Waals surface area contributed by atoms with Gasteiger partial charge in [0.25, 0.3) is 0 Å². The molecule has 5 nitrogen and oxygen atoms in total. The summed E-state index contributed by atoms with van der Waals surface area (Å²) in [7, 11) is 0. The second-order valence-electron chi connectivity index (χ2n) is 3.79. The molecule has 0 aromatic heterocycles. The van der Waals surface area contributed by atoms with Gasteiger partial charge in [-0.3, -0.25) is 10.1 Å². The van der Waals surface area contributed by atoms with Gasteiger partial charge in [-0.1, -0.05) is 19.1 Å². The smallest absolute Gasteiger partial charge is 0.411 e. The molecule has 0 saturated carbocycles. The molecule has 2 N–H and O–H groups in total. The Kier molecular flexibility index (Phi) is 5.70. The number of hydrogen-bond donors (Lipinski definition) is 2. The molecule has 1 aromatic rings. The molecule has 0 bridgehead atoms. The Bertz CT molecular complexity index is 401. The van der Waals surface area contributed by atoms with Crippen molar-refractivity contribution in [1.82, 2.24) is 5.32 Å². The van der Waals surface area contributed by atoms with Gasteiger partial charge in [0, 0.05) is 12.6 Å². The molecular formula is C13H18N2O3. The molecule has 0 spiro atoms. The zero-order valence-electron chi connectivity index (χ0n) is 10.7. The van der Waals surface area contributed by atoms with Crippen LogP contribution in [0.5, 0.6) is 0 Å². The molecule has 0 aliphatic rings. The minimum Gasteiger partial charge on any atom is -0.447 e. The maximum Gasteiger partial charge on any atom is 0.411 e. The zero-order valence-corrected chi connectivity index (χ0v) is 10.7. The van der Waals surface area contributed by atoms with E-state index in [4.69, 9.17) is 4.74 Å². The lowest BCUT2D eigenvalue weighted by atomic mass is 10.1. The first-order valence-electron chi connectivity index (χ1n) is 5.89. The molecule has 2 amide bonds. The lowest BCUT2D eigenvalue weighted by molar-refractivity contribution is -0.119. The fourth-order valence-corrected chi connectivity index (χ4v) is 1.35. The highest BCUT2D eigenvalue weighted by Gasteiger charge is 2.02. The highest BCUT2D eigenvalue weighted by molar-refractivity contribution is 5.84. The monoisotopic (exact) mass is 250 g/mol. The van der Waals surface area contributed by atoms with Crippen LogP contribution in [0.15, 0.2) is 24.3 Å². The molecule has 98 valence electrons. The summed E-state index contributed by atoms with van der Waals surface area (Å²) < 4.78 is 4.89. The summed E-state index contributed by atoms with van der Waals surface area (Å²) in [6.07, 6.45) is 0.436. The van der Waals surface area contributed by atoms with Gasteiger partial charge in [-0.15, -0.1) is 0 Å². The van der Waals surface area contributed by atoms with E-state index in [1.807, 2.05) is 24.3 Å². The number of carbonyl (C=O) groups excluding carboxylic acids is 2. The summed E-state index contributed by atoms with van der Waals surface area (Å²) in [4.78, 5) is 21.9. The van der Waals surface area contributed by atoms with Gasteiger partial charge in [0.1, 0.15) is 6.61 Å². The standard InChI is InChI=1S/C13H18N2O3/c1-3-11-4-6-12(7-5-11)15-13(17)18-9-8-14-10(2)16/h4-7H,3,8-9H2,1-2H3,(H,14,16)(H,15,17).